The molecule has 2 amide bonds. The molecule has 2 fully saturated rings. The second kappa shape index (κ2) is 7.76. The molecule has 2 unspecified atom stereocenters. The zero-order valence-corrected chi connectivity index (χ0v) is 13.8. The van der Waals surface area contributed by atoms with Crippen LogP contribution < -0.4 is 15.5 Å². The molecule has 2 aliphatic rings. The number of nitrogens with one attached hydrogen (secondary N) is 2. The van der Waals surface area contributed by atoms with Crippen LogP contribution in [0.3, 0.4) is 0 Å². The Morgan fingerprint density at radius 3 is 3.04 bits per heavy atom. The number of morpholine rings is 1. The molecule has 23 heavy (non-hydrogen) atoms. The summed E-state index contributed by atoms with van der Waals surface area (Å²) in [5.41, 5.74) is 0.770. The van der Waals surface area contributed by atoms with Crippen LogP contribution in [0.2, 0.25) is 0 Å². The first-order valence-electron chi connectivity index (χ1n) is 7.54. The van der Waals surface area contributed by atoms with Crippen LogP contribution in [0.1, 0.15) is 12.8 Å². The van der Waals surface area contributed by atoms with Gasteiger partial charge in [0, 0.05) is 38.8 Å². The molecular weight excluding hydrogens is 322 g/mol. The molecule has 2 N–H and O–H groups in total. The van der Waals surface area contributed by atoms with E-state index in [0.717, 1.165) is 12.2 Å². The number of halogens is 1. The lowest BCUT2D eigenvalue weighted by molar-refractivity contribution is -0.127. The van der Waals surface area contributed by atoms with Gasteiger partial charge in [0.2, 0.25) is 11.8 Å². The van der Waals surface area contributed by atoms with Crippen LogP contribution in [-0.4, -0.2) is 60.0 Å². The summed E-state index contributed by atoms with van der Waals surface area (Å²) < 4.78 is 6.98. The summed E-state index contributed by atoms with van der Waals surface area (Å²) in [7, 11) is 1.81. The van der Waals surface area contributed by atoms with Crippen LogP contribution in [0.4, 0.5) is 5.69 Å². The van der Waals surface area contributed by atoms with Crippen LogP contribution >= 0.6 is 12.4 Å². The van der Waals surface area contributed by atoms with Crippen LogP contribution in [0.25, 0.3) is 0 Å². The minimum atomic E-state index is -0.447. The van der Waals surface area contributed by atoms with Gasteiger partial charge in [0.25, 0.3) is 0 Å². The summed E-state index contributed by atoms with van der Waals surface area (Å²) in [6.07, 6.45) is 4.40. The van der Waals surface area contributed by atoms with E-state index in [1.807, 2.05) is 7.05 Å². The third-order valence-corrected chi connectivity index (χ3v) is 3.97. The van der Waals surface area contributed by atoms with Crippen molar-refractivity contribution in [3.05, 3.63) is 12.4 Å². The lowest BCUT2D eigenvalue weighted by Gasteiger charge is -2.23. The molecule has 8 nitrogen and oxygen atoms in total. The second-order valence-corrected chi connectivity index (χ2v) is 5.70. The molecule has 3 rings (SSSR count). The van der Waals surface area contributed by atoms with Gasteiger partial charge < -0.3 is 20.3 Å². The molecule has 9 heteroatoms. The number of carbonyl (C=O) groups is 2. The van der Waals surface area contributed by atoms with Crippen LogP contribution in [0.15, 0.2) is 12.4 Å². The highest BCUT2D eigenvalue weighted by atomic mass is 35.5. The average molecular weight is 344 g/mol. The van der Waals surface area contributed by atoms with Crippen molar-refractivity contribution in [1.82, 2.24) is 20.4 Å². The topological polar surface area (TPSA) is 88.5 Å². The van der Waals surface area contributed by atoms with Gasteiger partial charge in [-0.1, -0.05) is 0 Å². The molecular formula is C14H22ClN5O3. The Bertz CT molecular complexity index is 558. The van der Waals surface area contributed by atoms with Crippen molar-refractivity contribution in [1.29, 1.82) is 0 Å². The first-order chi connectivity index (χ1) is 10.6. The van der Waals surface area contributed by atoms with Crippen molar-refractivity contribution >= 4 is 29.9 Å². The van der Waals surface area contributed by atoms with Crippen molar-refractivity contribution < 1.29 is 14.3 Å². The number of nitrogens with zero attached hydrogens (tertiary/aromatic N) is 3. The molecule has 0 spiro atoms. The second-order valence-electron chi connectivity index (χ2n) is 5.70. The molecule has 0 radical (unpaired) electrons. The van der Waals surface area contributed by atoms with E-state index in [4.69, 9.17) is 4.74 Å². The quantitative estimate of drug-likeness (QED) is 0.765. The maximum atomic E-state index is 12.4. The minimum absolute atomic E-state index is 0. The maximum Gasteiger partial charge on any atom is 0.249 e. The summed E-state index contributed by atoms with van der Waals surface area (Å²) in [6.45, 7) is 2.57. The monoisotopic (exact) mass is 343 g/mol. The Morgan fingerprint density at radius 2 is 2.39 bits per heavy atom. The molecule has 0 aromatic carbocycles. The Morgan fingerprint density at radius 1 is 1.57 bits per heavy atom. The number of aryl methyl sites for hydroxylation is 1. The first kappa shape index (κ1) is 17.7. The van der Waals surface area contributed by atoms with E-state index in [1.165, 1.54) is 0 Å². The van der Waals surface area contributed by atoms with Crippen molar-refractivity contribution in [3.8, 4) is 0 Å². The van der Waals surface area contributed by atoms with Gasteiger partial charge >= 0.3 is 0 Å². The number of anilines is 1. The minimum Gasteiger partial charge on any atom is -0.378 e. The van der Waals surface area contributed by atoms with E-state index in [1.54, 1.807) is 22.0 Å². The van der Waals surface area contributed by atoms with Gasteiger partial charge in [0.05, 0.1) is 25.1 Å². The van der Waals surface area contributed by atoms with E-state index < -0.39 is 6.04 Å². The Kier molecular flexibility index (Phi) is 5.97. The highest BCUT2D eigenvalue weighted by Gasteiger charge is 2.34. The molecule has 0 aliphatic carbocycles. The fourth-order valence-corrected chi connectivity index (χ4v) is 2.85. The lowest BCUT2D eigenvalue weighted by atomic mass is 10.1. The molecule has 128 valence electrons. The number of rotatable bonds is 4. The van der Waals surface area contributed by atoms with Gasteiger partial charge in [0.15, 0.2) is 0 Å². The van der Waals surface area contributed by atoms with Gasteiger partial charge in [-0.3, -0.25) is 14.3 Å². The fourth-order valence-electron chi connectivity index (χ4n) is 2.85. The van der Waals surface area contributed by atoms with Crippen molar-refractivity contribution in [3.63, 3.8) is 0 Å². The van der Waals surface area contributed by atoms with Crippen molar-refractivity contribution in [2.75, 3.05) is 31.2 Å². The third kappa shape index (κ3) is 4.21. The number of ether oxygens (including phenoxy) is 1. The largest absolute Gasteiger partial charge is 0.378 e. The summed E-state index contributed by atoms with van der Waals surface area (Å²) in [5.74, 6) is -0.191. The van der Waals surface area contributed by atoms with Gasteiger partial charge in [0.1, 0.15) is 6.04 Å². The van der Waals surface area contributed by atoms with Crippen LogP contribution in [0.5, 0.6) is 0 Å². The normalized spacial score (nSPS) is 24.4. The van der Waals surface area contributed by atoms with E-state index in [9.17, 15) is 9.59 Å². The highest BCUT2D eigenvalue weighted by molar-refractivity contribution is 6.01. The summed E-state index contributed by atoms with van der Waals surface area (Å²) in [4.78, 5) is 26.1. The number of hydrogen-bond acceptors (Lipinski definition) is 5. The van der Waals surface area contributed by atoms with E-state index in [0.29, 0.717) is 32.6 Å². The molecule has 0 saturated carbocycles. The molecule has 1 aromatic heterocycles. The molecule has 2 atom stereocenters. The van der Waals surface area contributed by atoms with Gasteiger partial charge in [-0.05, 0) is 6.42 Å². The Balaban J connectivity index is 0.00000192. The molecule has 1 aromatic rings. The Labute approximate surface area is 140 Å². The standard InChI is InChI=1S/C14H21N5O3.ClH/c1-18-8-11(7-16-18)19-4-2-12(14(19)21)17-13(20)6-10-9-22-5-3-15-10;/h7-8,10,12,15H,2-6,9H2,1H3,(H,17,20);1H. The summed E-state index contributed by atoms with van der Waals surface area (Å²) in [6, 6.07) is -0.420. The summed E-state index contributed by atoms with van der Waals surface area (Å²) >= 11 is 0. The zero-order chi connectivity index (χ0) is 15.5. The zero-order valence-electron chi connectivity index (χ0n) is 13.0. The smallest absolute Gasteiger partial charge is 0.249 e. The molecule has 2 saturated heterocycles. The van der Waals surface area contributed by atoms with Gasteiger partial charge in [-0.15, -0.1) is 12.4 Å². The predicted octanol–water partition coefficient (Wildman–Crippen LogP) is -0.558. The third-order valence-electron chi connectivity index (χ3n) is 3.97. The van der Waals surface area contributed by atoms with E-state index in [-0.39, 0.29) is 30.3 Å². The van der Waals surface area contributed by atoms with E-state index in [2.05, 4.69) is 15.7 Å². The molecule has 2 aliphatic heterocycles. The number of aromatic nitrogens is 2. The maximum absolute atomic E-state index is 12.4. The first-order valence-corrected chi connectivity index (χ1v) is 7.54. The van der Waals surface area contributed by atoms with Crippen LogP contribution in [0, 0.1) is 0 Å². The number of hydrogen-bond donors (Lipinski definition) is 2. The number of amides is 2. The Hall–Kier alpha value is -1.64. The molecule has 0 bridgehead atoms. The van der Waals surface area contributed by atoms with E-state index >= 15 is 0 Å². The van der Waals surface area contributed by atoms with Crippen molar-refractivity contribution in [2.24, 2.45) is 7.05 Å². The highest BCUT2D eigenvalue weighted by Crippen LogP contribution is 2.20. The van der Waals surface area contributed by atoms with Gasteiger partial charge in [-0.25, -0.2) is 0 Å². The SMILES string of the molecule is Cl.Cn1cc(N2CCC(NC(=O)CC3COCCN3)C2=O)cn1. The van der Waals surface area contributed by atoms with Crippen molar-refractivity contribution in [2.45, 2.75) is 24.9 Å². The lowest BCUT2D eigenvalue weighted by Crippen LogP contribution is -2.47. The summed E-state index contributed by atoms with van der Waals surface area (Å²) in [5, 5.41) is 10.1. The number of carbonyl (C=O) groups excluding carboxylic acids is 2. The fraction of sp³-hybridized carbons (Fsp3) is 0.643. The predicted molar refractivity (Wildman–Crippen MR) is 86.6 cm³/mol. The van der Waals surface area contributed by atoms with Gasteiger partial charge in [-0.2, -0.15) is 5.10 Å². The van der Waals surface area contributed by atoms with Crippen LogP contribution in [-0.2, 0) is 21.4 Å². The molecule has 3 heterocycles. The average Bonchev–Trinajstić information content (AvgIpc) is 3.07.